The Morgan fingerprint density at radius 2 is 2.11 bits per heavy atom. The highest BCUT2D eigenvalue weighted by molar-refractivity contribution is 5.48. The van der Waals surface area contributed by atoms with Crippen molar-refractivity contribution in [2.24, 2.45) is 11.7 Å². The maximum atomic E-state index is 9.26. The highest BCUT2D eigenvalue weighted by Gasteiger charge is 2.19. The Labute approximate surface area is 110 Å². The van der Waals surface area contributed by atoms with E-state index >= 15 is 0 Å². The van der Waals surface area contributed by atoms with Crippen LogP contribution in [0.15, 0.2) is 24.3 Å². The second-order valence-electron chi connectivity index (χ2n) is 5.24. The number of hydrogen-bond acceptors (Lipinski definition) is 3. The molecule has 2 rings (SSSR count). The second-order valence-corrected chi connectivity index (χ2v) is 5.24. The van der Waals surface area contributed by atoms with Crippen LogP contribution in [0, 0.1) is 5.92 Å². The van der Waals surface area contributed by atoms with Gasteiger partial charge in [-0.25, -0.2) is 0 Å². The van der Waals surface area contributed by atoms with Crippen molar-refractivity contribution in [3.05, 3.63) is 29.8 Å². The maximum absolute atomic E-state index is 9.26. The van der Waals surface area contributed by atoms with Crippen LogP contribution in [0.4, 0.5) is 5.69 Å². The van der Waals surface area contributed by atoms with Crippen LogP contribution in [-0.2, 0) is 0 Å². The van der Waals surface area contributed by atoms with Gasteiger partial charge in [-0.05, 0) is 42.9 Å². The van der Waals surface area contributed by atoms with Crippen LogP contribution >= 0.6 is 0 Å². The minimum Gasteiger partial charge on any atom is -0.396 e. The zero-order chi connectivity index (χ0) is 13.0. The van der Waals surface area contributed by atoms with Crippen molar-refractivity contribution in [3.8, 4) is 0 Å². The first-order chi connectivity index (χ1) is 8.74. The topological polar surface area (TPSA) is 49.5 Å². The number of aliphatic hydroxyl groups is 1. The average Bonchev–Trinajstić information content (AvgIpc) is 2.46. The molecule has 0 bridgehead atoms. The molecule has 3 N–H and O–H groups in total. The zero-order valence-electron chi connectivity index (χ0n) is 11.2. The number of nitrogens with zero attached hydrogens (tertiary/aromatic N) is 1. The van der Waals surface area contributed by atoms with Crippen LogP contribution in [0.25, 0.3) is 0 Å². The Balaban J connectivity index is 2.04. The molecule has 3 nitrogen and oxygen atoms in total. The number of anilines is 1. The van der Waals surface area contributed by atoms with E-state index in [0.717, 1.165) is 25.9 Å². The van der Waals surface area contributed by atoms with Gasteiger partial charge < -0.3 is 15.7 Å². The third-order valence-electron chi connectivity index (χ3n) is 3.90. The maximum Gasteiger partial charge on any atom is 0.0476 e. The van der Waals surface area contributed by atoms with Crippen molar-refractivity contribution < 1.29 is 5.11 Å². The molecule has 0 saturated carbocycles. The normalized spacial score (nSPS) is 21.9. The number of aliphatic hydroxyl groups excluding tert-OH is 1. The van der Waals surface area contributed by atoms with Gasteiger partial charge in [0.25, 0.3) is 0 Å². The van der Waals surface area contributed by atoms with Crippen molar-refractivity contribution in [1.29, 1.82) is 0 Å². The molecule has 100 valence electrons. The molecular weight excluding hydrogens is 224 g/mol. The molecule has 1 unspecified atom stereocenters. The number of nitrogens with two attached hydrogens (primary N) is 1. The summed E-state index contributed by atoms with van der Waals surface area (Å²) < 4.78 is 0. The zero-order valence-corrected chi connectivity index (χ0v) is 11.2. The van der Waals surface area contributed by atoms with Crippen molar-refractivity contribution >= 4 is 5.69 Å². The Bertz CT molecular complexity index is 363. The SMILES string of the molecule is CC[C@H](N)c1ccc(N2CCCC(CO)C2)cc1. The smallest absolute Gasteiger partial charge is 0.0476 e. The van der Waals surface area contributed by atoms with Gasteiger partial charge in [0.1, 0.15) is 0 Å². The summed E-state index contributed by atoms with van der Waals surface area (Å²) in [6.07, 6.45) is 3.28. The summed E-state index contributed by atoms with van der Waals surface area (Å²) in [5, 5.41) is 9.26. The predicted molar refractivity (Wildman–Crippen MR) is 75.7 cm³/mol. The van der Waals surface area contributed by atoms with Gasteiger partial charge in [0.05, 0.1) is 0 Å². The van der Waals surface area contributed by atoms with E-state index in [-0.39, 0.29) is 6.04 Å². The number of piperidine rings is 1. The fraction of sp³-hybridized carbons (Fsp3) is 0.600. The van der Waals surface area contributed by atoms with Crippen molar-refractivity contribution in [1.82, 2.24) is 0 Å². The lowest BCUT2D eigenvalue weighted by atomic mass is 9.98. The van der Waals surface area contributed by atoms with Gasteiger partial charge in [0, 0.05) is 31.4 Å². The largest absolute Gasteiger partial charge is 0.396 e. The predicted octanol–water partition coefficient (Wildman–Crippen LogP) is 2.31. The van der Waals surface area contributed by atoms with Crippen molar-refractivity contribution in [2.75, 3.05) is 24.6 Å². The quantitative estimate of drug-likeness (QED) is 0.859. The molecule has 0 radical (unpaired) electrons. The first-order valence-corrected chi connectivity index (χ1v) is 6.96. The average molecular weight is 248 g/mol. The Morgan fingerprint density at radius 3 is 2.72 bits per heavy atom. The molecule has 0 spiro atoms. The van der Waals surface area contributed by atoms with Crippen LogP contribution < -0.4 is 10.6 Å². The molecule has 1 aromatic rings. The molecule has 1 heterocycles. The molecular formula is C15H24N2O. The van der Waals surface area contributed by atoms with Crippen LogP contribution in [0.5, 0.6) is 0 Å². The Morgan fingerprint density at radius 1 is 1.39 bits per heavy atom. The van der Waals surface area contributed by atoms with Gasteiger partial charge in [-0.1, -0.05) is 19.1 Å². The summed E-state index contributed by atoms with van der Waals surface area (Å²) in [5.74, 6) is 0.427. The van der Waals surface area contributed by atoms with E-state index in [4.69, 9.17) is 5.73 Å². The monoisotopic (exact) mass is 248 g/mol. The summed E-state index contributed by atoms with van der Waals surface area (Å²) in [4.78, 5) is 2.37. The molecule has 18 heavy (non-hydrogen) atoms. The molecule has 1 aromatic carbocycles. The minimum atomic E-state index is 0.144. The van der Waals surface area contributed by atoms with Crippen LogP contribution in [0.1, 0.15) is 37.8 Å². The Hall–Kier alpha value is -1.06. The van der Waals surface area contributed by atoms with E-state index in [2.05, 4.69) is 36.1 Å². The summed E-state index contributed by atoms with van der Waals surface area (Å²) in [6.45, 7) is 4.47. The highest BCUT2D eigenvalue weighted by Crippen LogP contribution is 2.24. The van der Waals surface area contributed by atoms with Gasteiger partial charge in [-0.3, -0.25) is 0 Å². The van der Waals surface area contributed by atoms with E-state index in [0.29, 0.717) is 12.5 Å². The van der Waals surface area contributed by atoms with Crippen LogP contribution in [0.3, 0.4) is 0 Å². The standard InChI is InChI=1S/C15H24N2O/c1-2-15(16)13-5-7-14(8-6-13)17-9-3-4-12(10-17)11-18/h5-8,12,15,18H,2-4,9-11,16H2,1H3/t12?,15-/m0/s1. The summed E-state index contributed by atoms with van der Waals surface area (Å²) in [7, 11) is 0. The third kappa shape index (κ3) is 3.03. The first kappa shape index (κ1) is 13.4. The van der Waals surface area contributed by atoms with Gasteiger partial charge in [0.2, 0.25) is 0 Å². The van der Waals surface area contributed by atoms with E-state index in [1.54, 1.807) is 0 Å². The molecule has 1 aliphatic heterocycles. The van der Waals surface area contributed by atoms with Crippen LogP contribution in [0.2, 0.25) is 0 Å². The lowest BCUT2D eigenvalue weighted by Crippen LogP contribution is -2.36. The van der Waals surface area contributed by atoms with Gasteiger partial charge in [0.15, 0.2) is 0 Å². The Kier molecular flexibility index (Phi) is 4.61. The van der Waals surface area contributed by atoms with E-state index in [1.807, 2.05) is 0 Å². The fourth-order valence-corrected chi connectivity index (χ4v) is 2.62. The van der Waals surface area contributed by atoms with E-state index < -0.39 is 0 Å². The van der Waals surface area contributed by atoms with Crippen molar-refractivity contribution in [3.63, 3.8) is 0 Å². The van der Waals surface area contributed by atoms with E-state index in [9.17, 15) is 5.11 Å². The van der Waals surface area contributed by atoms with Crippen LogP contribution in [-0.4, -0.2) is 24.8 Å². The lowest BCUT2D eigenvalue weighted by molar-refractivity contribution is 0.209. The molecule has 1 saturated heterocycles. The van der Waals surface area contributed by atoms with Crippen molar-refractivity contribution in [2.45, 2.75) is 32.2 Å². The van der Waals surface area contributed by atoms with Gasteiger partial charge >= 0.3 is 0 Å². The molecule has 3 heteroatoms. The highest BCUT2D eigenvalue weighted by atomic mass is 16.3. The fourth-order valence-electron chi connectivity index (χ4n) is 2.62. The third-order valence-corrected chi connectivity index (χ3v) is 3.90. The minimum absolute atomic E-state index is 0.144. The summed E-state index contributed by atoms with van der Waals surface area (Å²) in [5.41, 5.74) is 8.48. The summed E-state index contributed by atoms with van der Waals surface area (Å²) in [6, 6.07) is 8.72. The van der Waals surface area contributed by atoms with E-state index in [1.165, 1.54) is 17.7 Å². The number of benzene rings is 1. The molecule has 0 aliphatic carbocycles. The number of hydrogen-bond donors (Lipinski definition) is 2. The first-order valence-electron chi connectivity index (χ1n) is 6.96. The molecule has 2 atom stereocenters. The molecule has 0 aromatic heterocycles. The lowest BCUT2D eigenvalue weighted by Gasteiger charge is -2.33. The number of rotatable bonds is 4. The molecule has 1 fully saturated rings. The summed E-state index contributed by atoms with van der Waals surface area (Å²) >= 11 is 0. The second kappa shape index (κ2) is 6.21. The molecule has 1 aliphatic rings. The van der Waals surface area contributed by atoms with Gasteiger partial charge in [-0.2, -0.15) is 0 Å². The molecule has 0 amide bonds. The van der Waals surface area contributed by atoms with Gasteiger partial charge in [-0.15, -0.1) is 0 Å².